The number of amides is 2. The normalized spacial score (nSPS) is 14.7. The molecule has 1 aromatic heterocycles. The monoisotopic (exact) mass is 332 g/mol. The number of carbonyl (C=O) groups is 1. The van der Waals surface area contributed by atoms with Crippen LogP contribution in [0.15, 0.2) is 47.8 Å². The Morgan fingerprint density at radius 2 is 1.91 bits per heavy atom. The maximum Gasteiger partial charge on any atom is 0.315 e. The largest absolute Gasteiger partial charge is 0.388 e. The minimum Gasteiger partial charge on any atom is -0.388 e. The number of carbonyl (C=O) groups excluding carboxylic acids is 1. The van der Waals surface area contributed by atoms with E-state index in [0.717, 1.165) is 16.9 Å². The summed E-state index contributed by atoms with van der Waals surface area (Å²) in [6.07, 6.45) is 0.744. The third-order valence-corrected chi connectivity index (χ3v) is 4.72. The number of thiophene rings is 1. The van der Waals surface area contributed by atoms with Crippen LogP contribution in [-0.2, 0) is 0 Å². The summed E-state index contributed by atoms with van der Waals surface area (Å²) in [5.74, 6) is 0. The minimum atomic E-state index is -0.578. The van der Waals surface area contributed by atoms with E-state index in [1.165, 1.54) is 0 Å². The van der Waals surface area contributed by atoms with Gasteiger partial charge in [0.15, 0.2) is 0 Å². The van der Waals surface area contributed by atoms with Gasteiger partial charge in [0.05, 0.1) is 12.1 Å². The molecule has 23 heavy (non-hydrogen) atoms. The average molecular weight is 332 g/mol. The van der Waals surface area contributed by atoms with E-state index in [-0.39, 0.29) is 18.1 Å². The van der Waals surface area contributed by atoms with Gasteiger partial charge in [-0.05, 0) is 36.8 Å². The molecule has 0 radical (unpaired) electrons. The Morgan fingerprint density at radius 1 is 1.17 bits per heavy atom. The fourth-order valence-corrected chi connectivity index (χ4v) is 3.35. The van der Waals surface area contributed by atoms with Crippen molar-refractivity contribution in [1.82, 2.24) is 10.6 Å². The molecule has 0 saturated carbocycles. The van der Waals surface area contributed by atoms with Gasteiger partial charge in [0.25, 0.3) is 0 Å². The Balaban J connectivity index is 1.82. The Bertz CT molecular complexity index is 586. The fourth-order valence-electron chi connectivity index (χ4n) is 2.49. The predicted octanol–water partition coefficient (Wildman–Crippen LogP) is 4.01. The van der Waals surface area contributed by atoms with E-state index in [0.29, 0.717) is 6.42 Å². The first-order valence-electron chi connectivity index (χ1n) is 7.93. The third kappa shape index (κ3) is 5.37. The summed E-state index contributed by atoms with van der Waals surface area (Å²) in [4.78, 5) is 13.3. The molecule has 3 N–H and O–H groups in total. The van der Waals surface area contributed by atoms with Gasteiger partial charge in [-0.3, -0.25) is 0 Å². The van der Waals surface area contributed by atoms with Gasteiger partial charge >= 0.3 is 6.03 Å². The zero-order valence-electron chi connectivity index (χ0n) is 13.5. The molecule has 124 valence electrons. The van der Waals surface area contributed by atoms with Crippen LogP contribution in [0.2, 0.25) is 0 Å². The van der Waals surface area contributed by atoms with Crippen LogP contribution in [0.3, 0.4) is 0 Å². The highest BCUT2D eigenvalue weighted by molar-refractivity contribution is 7.10. The van der Waals surface area contributed by atoms with Crippen LogP contribution in [0, 0.1) is 0 Å². The first kappa shape index (κ1) is 17.5. The lowest BCUT2D eigenvalue weighted by molar-refractivity contribution is 0.154. The summed E-state index contributed by atoms with van der Waals surface area (Å²) in [7, 11) is 0. The predicted molar refractivity (Wildman–Crippen MR) is 94.5 cm³/mol. The second-order valence-corrected chi connectivity index (χ2v) is 6.64. The summed E-state index contributed by atoms with van der Waals surface area (Å²) < 4.78 is 0. The fraction of sp³-hybridized carbons (Fsp3) is 0.389. The zero-order valence-corrected chi connectivity index (χ0v) is 14.3. The highest BCUT2D eigenvalue weighted by Crippen LogP contribution is 2.22. The summed E-state index contributed by atoms with van der Waals surface area (Å²) in [6, 6.07) is 13.2. The van der Waals surface area contributed by atoms with Crippen LogP contribution in [-0.4, -0.2) is 17.2 Å². The molecular weight excluding hydrogens is 308 g/mol. The topological polar surface area (TPSA) is 61.4 Å². The van der Waals surface area contributed by atoms with E-state index in [4.69, 9.17) is 0 Å². The molecule has 1 heterocycles. The molecule has 2 aromatic rings. The second-order valence-electron chi connectivity index (χ2n) is 5.66. The van der Waals surface area contributed by atoms with Crippen LogP contribution in [0.4, 0.5) is 4.79 Å². The first-order valence-corrected chi connectivity index (χ1v) is 8.81. The third-order valence-electron chi connectivity index (χ3n) is 3.74. The number of nitrogens with one attached hydrogen (secondary N) is 2. The van der Waals surface area contributed by atoms with E-state index >= 15 is 0 Å². The minimum absolute atomic E-state index is 0.0289. The maximum absolute atomic E-state index is 12.1. The molecule has 3 atom stereocenters. The van der Waals surface area contributed by atoms with Gasteiger partial charge in [-0.25, -0.2) is 4.79 Å². The average Bonchev–Trinajstić information content (AvgIpc) is 3.07. The lowest BCUT2D eigenvalue weighted by Crippen LogP contribution is -2.42. The number of aliphatic hydroxyl groups is 1. The highest BCUT2D eigenvalue weighted by atomic mass is 32.1. The van der Waals surface area contributed by atoms with Crippen molar-refractivity contribution >= 4 is 17.4 Å². The van der Waals surface area contributed by atoms with Crippen LogP contribution in [0.5, 0.6) is 0 Å². The Kier molecular flexibility index (Phi) is 6.62. The maximum atomic E-state index is 12.1. The highest BCUT2D eigenvalue weighted by Gasteiger charge is 2.17. The second kappa shape index (κ2) is 8.70. The number of rotatable bonds is 7. The lowest BCUT2D eigenvalue weighted by Gasteiger charge is -2.21. The number of hydrogen-bond donors (Lipinski definition) is 3. The number of aliphatic hydroxyl groups excluding tert-OH is 1. The van der Waals surface area contributed by atoms with Gasteiger partial charge in [0, 0.05) is 10.9 Å². The first-order chi connectivity index (χ1) is 11.1. The molecule has 0 aliphatic rings. The summed E-state index contributed by atoms with van der Waals surface area (Å²) >= 11 is 1.64. The molecule has 0 saturated heterocycles. The van der Waals surface area contributed by atoms with Crippen molar-refractivity contribution in [2.45, 2.75) is 44.9 Å². The molecule has 4 nitrogen and oxygen atoms in total. The standard InChI is InChI=1S/C18H24N2O2S/c1-3-15(17-10-7-11-23-17)20-18(22)19-13(2)12-16(21)14-8-5-4-6-9-14/h4-11,13,15-16,21H,3,12H2,1-2H3,(H2,19,20,22). The van der Waals surface area contributed by atoms with E-state index in [2.05, 4.69) is 10.6 Å². The van der Waals surface area contributed by atoms with Gasteiger partial charge < -0.3 is 15.7 Å². The molecule has 2 amide bonds. The summed E-state index contributed by atoms with van der Waals surface area (Å²) in [5, 5.41) is 18.1. The van der Waals surface area contributed by atoms with Crippen LogP contribution in [0.25, 0.3) is 0 Å². The van der Waals surface area contributed by atoms with Crippen LogP contribution in [0.1, 0.15) is 49.3 Å². The van der Waals surface area contributed by atoms with Crippen molar-refractivity contribution in [1.29, 1.82) is 0 Å². The molecule has 0 spiro atoms. The lowest BCUT2D eigenvalue weighted by atomic mass is 10.0. The van der Waals surface area contributed by atoms with Gasteiger partial charge in [0.1, 0.15) is 0 Å². The molecule has 1 aromatic carbocycles. The van der Waals surface area contributed by atoms with Crippen molar-refractivity contribution in [3.63, 3.8) is 0 Å². The van der Waals surface area contributed by atoms with Gasteiger partial charge in [-0.1, -0.05) is 43.3 Å². The molecular formula is C18H24N2O2S. The molecule has 0 bridgehead atoms. The van der Waals surface area contributed by atoms with Gasteiger partial charge in [-0.15, -0.1) is 11.3 Å². The van der Waals surface area contributed by atoms with Crippen molar-refractivity contribution in [2.75, 3.05) is 0 Å². The number of urea groups is 1. The number of hydrogen-bond acceptors (Lipinski definition) is 3. The Hall–Kier alpha value is -1.85. The summed E-state index contributed by atoms with van der Waals surface area (Å²) in [5.41, 5.74) is 0.867. The molecule has 0 aliphatic carbocycles. The zero-order chi connectivity index (χ0) is 16.7. The molecule has 0 fully saturated rings. The smallest absolute Gasteiger partial charge is 0.315 e. The van der Waals surface area contributed by atoms with E-state index < -0.39 is 6.10 Å². The van der Waals surface area contributed by atoms with E-state index in [9.17, 15) is 9.90 Å². The molecule has 0 aliphatic heterocycles. The van der Waals surface area contributed by atoms with E-state index in [1.54, 1.807) is 11.3 Å². The van der Waals surface area contributed by atoms with Crippen molar-refractivity contribution in [2.24, 2.45) is 0 Å². The van der Waals surface area contributed by atoms with Crippen molar-refractivity contribution in [3.8, 4) is 0 Å². The van der Waals surface area contributed by atoms with Crippen LogP contribution >= 0.6 is 11.3 Å². The van der Waals surface area contributed by atoms with Gasteiger partial charge in [-0.2, -0.15) is 0 Å². The molecule has 2 rings (SSSR count). The molecule has 3 unspecified atom stereocenters. The Labute approximate surface area is 141 Å². The van der Waals surface area contributed by atoms with Crippen molar-refractivity contribution < 1.29 is 9.90 Å². The van der Waals surface area contributed by atoms with E-state index in [1.807, 2.05) is 61.7 Å². The van der Waals surface area contributed by atoms with Crippen LogP contribution < -0.4 is 10.6 Å². The quantitative estimate of drug-likeness (QED) is 0.717. The SMILES string of the molecule is CCC(NC(=O)NC(C)CC(O)c1ccccc1)c1cccs1. The molecule has 5 heteroatoms. The van der Waals surface area contributed by atoms with Gasteiger partial charge in [0.2, 0.25) is 0 Å². The summed E-state index contributed by atoms with van der Waals surface area (Å²) in [6.45, 7) is 3.95. The number of benzene rings is 1. The van der Waals surface area contributed by atoms with Crippen molar-refractivity contribution in [3.05, 3.63) is 58.3 Å². The Morgan fingerprint density at radius 3 is 2.52 bits per heavy atom.